The molecule has 0 aliphatic rings. The summed E-state index contributed by atoms with van der Waals surface area (Å²) in [6.45, 7) is 2.16. The van der Waals surface area contributed by atoms with Gasteiger partial charge in [-0.2, -0.15) is 5.10 Å². The highest BCUT2D eigenvalue weighted by Gasteiger charge is 2.06. The van der Waals surface area contributed by atoms with Gasteiger partial charge < -0.3 is 21.3 Å². The van der Waals surface area contributed by atoms with Gasteiger partial charge in [0.1, 0.15) is 5.82 Å². The molecule has 5 N–H and O–H groups in total. The first-order valence-electron chi connectivity index (χ1n) is 7.06. The third-order valence-electron chi connectivity index (χ3n) is 3.02. The average molecular weight is 270 g/mol. The Bertz CT molecular complexity index is 341. The molecule has 110 valence electrons. The summed E-state index contributed by atoms with van der Waals surface area (Å²) in [6.07, 6.45) is 7.34. The van der Waals surface area contributed by atoms with Gasteiger partial charge in [0.05, 0.1) is 11.9 Å². The van der Waals surface area contributed by atoms with Crippen molar-refractivity contribution in [2.24, 2.45) is 0 Å². The number of hydrogen-bond donors (Lipinski definition) is 4. The second-order valence-electron chi connectivity index (χ2n) is 4.67. The molecule has 0 aromatic carbocycles. The van der Waals surface area contributed by atoms with Crippen LogP contribution in [-0.2, 0) is 6.54 Å². The number of anilines is 2. The van der Waals surface area contributed by atoms with Crippen molar-refractivity contribution in [1.82, 2.24) is 9.78 Å². The number of aromatic nitrogens is 2. The molecule has 6 nitrogen and oxygen atoms in total. The van der Waals surface area contributed by atoms with Crippen LogP contribution in [0.2, 0.25) is 0 Å². The summed E-state index contributed by atoms with van der Waals surface area (Å²) in [6, 6.07) is 0. The molecule has 0 unspecified atom stereocenters. The Labute approximate surface area is 114 Å². The van der Waals surface area contributed by atoms with E-state index >= 15 is 0 Å². The second-order valence-corrected chi connectivity index (χ2v) is 4.67. The second kappa shape index (κ2) is 9.63. The quantitative estimate of drug-likeness (QED) is 0.453. The van der Waals surface area contributed by atoms with E-state index in [4.69, 9.17) is 15.9 Å². The predicted octanol–water partition coefficient (Wildman–Crippen LogP) is 1.20. The summed E-state index contributed by atoms with van der Waals surface area (Å²) in [5.41, 5.74) is 6.56. The van der Waals surface area contributed by atoms with Crippen molar-refractivity contribution in [2.75, 3.05) is 30.8 Å². The minimum Gasteiger partial charge on any atom is -0.396 e. The Hall–Kier alpha value is -1.27. The van der Waals surface area contributed by atoms with Crippen LogP contribution in [0, 0.1) is 0 Å². The van der Waals surface area contributed by atoms with Crippen molar-refractivity contribution in [3.8, 4) is 0 Å². The summed E-state index contributed by atoms with van der Waals surface area (Å²) < 4.78 is 1.89. The highest BCUT2D eigenvalue weighted by molar-refractivity contribution is 5.60. The van der Waals surface area contributed by atoms with Crippen molar-refractivity contribution in [1.29, 1.82) is 0 Å². The molecule has 0 saturated carbocycles. The first kappa shape index (κ1) is 15.8. The van der Waals surface area contributed by atoms with E-state index in [1.54, 1.807) is 6.20 Å². The molecule has 1 rings (SSSR count). The van der Waals surface area contributed by atoms with Gasteiger partial charge in [0.25, 0.3) is 0 Å². The van der Waals surface area contributed by atoms with Gasteiger partial charge in [-0.05, 0) is 38.5 Å². The Morgan fingerprint density at radius 1 is 1.05 bits per heavy atom. The normalized spacial score (nSPS) is 10.8. The van der Waals surface area contributed by atoms with E-state index in [1.165, 1.54) is 0 Å². The number of nitrogens with one attached hydrogen (secondary N) is 1. The van der Waals surface area contributed by atoms with E-state index in [0.717, 1.165) is 57.4 Å². The lowest BCUT2D eigenvalue weighted by Crippen LogP contribution is -2.11. The molecule has 0 aliphatic carbocycles. The van der Waals surface area contributed by atoms with Crippen molar-refractivity contribution in [2.45, 2.75) is 45.1 Å². The zero-order valence-corrected chi connectivity index (χ0v) is 11.5. The van der Waals surface area contributed by atoms with Gasteiger partial charge >= 0.3 is 0 Å². The van der Waals surface area contributed by atoms with Gasteiger partial charge in [0.15, 0.2) is 0 Å². The summed E-state index contributed by atoms with van der Waals surface area (Å²) in [4.78, 5) is 0. The number of aliphatic hydroxyl groups is 2. The number of unbranched alkanes of at least 4 members (excludes halogenated alkanes) is 4. The van der Waals surface area contributed by atoms with Crippen LogP contribution in [0.1, 0.15) is 38.5 Å². The summed E-state index contributed by atoms with van der Waals surface area (Å²) in [5, 5.41) is 25.0. The lowest BCUT2D eigenvalue weighted by atomic mass is 10.2. The van der Waals surface area contributed by atoms with Gasteiger partial charge in [-0.1, -0.05) is 0 Å². The predicted molar refractivity (Wildman–Crippen MR) is 77.0 cm³/mol. The minimum atomic E-state index is 0.247. The molecule has 6 heteroatoms. The molecule has 0 fully saturated rings. The van der Waals surface area contributed by atoms with Crippen molar-refractivity contribution >= 4 is 11.5 Å². The number of nitrogen functional groups attached to an aromatic ring is 1. The zero-order chi connectivity index (χ0) is 13.9. The summed E-state index contributed by atoms with van der Waals surface area (Å²) in [5.74, 6) is 0.882. The SMILES string of the molecule is Nc1cnn(CCCCCO)c1NCCCCCO. The molecule has 1 aromatic rings. The molecule has 0 aliphatic heterocycles. The van der Waals surface area contributed by atoms with Crippen molar-refractivity contribution in [3.05, 3.63) is 6.20 Å². The maximum absolute atomic E-state index is 8.74. The van der Waals surface area contributed by atoms with Crippen LogP contribution in [0.15, 0.2) is 6.20 Å². The minimum absolute atomic E-state index is 0.247. The largest absolute Gasteiger partial charge is 0.396 e. The fraction of sp³-hybridized carbons (Fsp3) is 0.769. The first-order valence-corrected chi connectivity index (χ1v) is 7.06. The van der Waals surface area contributed by atoms with E-state index in [-0.39, 0.29) is 13.2 Å². The lowest BCUT2D eigenvalue weighted by molar-refractivity contribution is 0.281. The number of aliphatic hydroxyl groups excluding tert-OH is 2. The molecule has 1 aromatic heterocycles. The number of hydrogen-bond acceptors (Lipinski definition) is 5. The van der Waals surface area contributed by atoms with Crippen molar-refractivity contribution < 1.29 is 10.2 Å². The monoisotopic (exact) mass is 270 g/mol. The standard InChI is InChI=1S/C13H26N4O2/c14-12-11-16-17(8-4-2-6-10-19)13(12)15-7-3-1-5-9-18/h11,15,18-19H,1-10,14H2. The van der Waals surface area contributed by atoms with Gasteiger partial charge in [-0.15, -0.1) is 0 Å². The number of aryl methyl sites for hydroxylation is 1. The van der Waals surface area contributed by atoms with Crippen LogP contribution in [0.25, 0.3) is 0 Å². The number of rotatable bonds is 11. The summed E-state index contributed by atoms with van der Waals surface area (Å²) >= 11 is 0. The van der Waals surface area contributed by atoms with E-state index in [9.17, 15) is 0 Å². The zero-order valence-electron chi connectivity index (χ0n) is 11.5. The smallest absolute Gasteiger partial charge is 0.147 e. The van der Waals surface area contributed by atoms with Gasteiger partial charge in [0, 0.05) is 26.3 Å². The molecule has 0 saturated heterocycles. The third-order valence-corrected chi connectivity index (χ3v) is 3.02. The fourth-order valence-corrected chi connectivity index (χ4v) is 1.93. The maximum atomic E-state index is 8.74. The molecule has 0 radical (unpaired) electrons. The third kappa shape index (κ3) is 5.94. The first-order chi connectivity index (χ1) is 9.29. The Kier molecular flexibility index (Phi) is 8.00. The topological polar surface area (TPSA) is 96.3 Å². The summed E-state index contributed by atoms with van der Waals surface area (Å²) in [7, 11) is 0. The van der Waals surface area contributed by atoms with E-state index in [1.807, 2.05) is 4.68 Å². The Morgan fingerprint density at radius 3 is 2.42 bits per heavy atom. The molecule has 0 amide bonds. The molecular formula is C13H26N4O2. The van der Waals surface area contributed by atoms with Gasteiger partial charge in [-0.3, -0.25) is 0 Å². The van der Waals surface area contributed by atoms with Crippen LogP contribution in [0.5, 0.6) is 0 Å². The highest BCUT2D eigenvalue weighted by atomic mass is 16.3. The highest BCUT2D eigenvalue weighted by Crippen LogP contribution is 2.18. The van der Waals surface area contributed by atoms with Crippen LogP contribution in [-0.4, -0.2) is 39.8 Å². The van der Waals surface area contributed by atoms with Gasteiger partial charge in [0.2, 0.25) is 0 Å². The Morgan fingerprint density at radius 2 is 1.74 bits per heavy atom. The molecular weight excluding hydrogens is 244 g/mol. The van der Waals surface area contributed by atoms with Crippen molar-refractivity contribution in [3.63, 3.8) is 0 Å². The number of nitrogens with zero attached hydrogens (tertiary/aromatic N) is 2. The fourth-order valence-electron chi connectivity index (χ4n) is 1.93. The number of nitrogens with two attached hydrogens (primary N) is 1. The van der Waals surface area contributed by atoms with Crippen LogP contribution >= 0.6 is 0 Å². The van der Waals surface area contributed by atoms with Crippen LogP contribution in [0.3, 0.4) is 0 Å². The maximum Gasteiger partial charge on any atom is 0.147 e. The lowest BCUT2D eigenvalue weighted by Gasteiger charge is -2.10. The molecule has 0 spiro atoms. The molecule has 0 atom stereocenters. The van der Waals surface area contributed by atoms with E-state index in [0.29, 0.717) is 5.69 Å². The van der Waals surface area contributed by atoms with Gasteiger partial charge in [-0.25, -0.2) is 4.68 Å². The van der Waals surface area contributed by atoms with E-state index in [2.05, 4.69) is 10.4 Å². The molecule has 1 heterocycles. The average Bonchev–Trinajstić information content (AvgIpc) is 2.76. The van der Waals surface area contributed by atoms with Crippen LogP contribution < -0.4 is 11.1 Å². The van der Waals surface area contributed by atoms with E-state index < -0.39 is 0 Å². The molecule has 19 heavy (non-hydrogen) atoms. The van der Waals surface area contributed by atoms with Crippen LogP contribution in [0.4, 0.5) is 11.5 Å². The Balaban J connectivity index is 2.32. The molecule has 0 bridgehead atoms.